The molecule has 1 heterocycles. The average molecular weight is 531 g/mol. The summed E-state index contributed by atoms with van der Waals surface area (Å²) in [5, 5.41) is 21.1. The molecule has 12 heteroatoms. The van der Waals surface area contributed by atoms with Gasteiger partial charge < -0.3 is 19.7 Å². The van der Waals surface area contributed by atoms with E-state index in [1.54, 1.807) is 45.0 Å². The van der Waals surface area contributed by atoms with Gasteiger partial charge in [-0.05, 0) is 52.0 Å². The molecule has 0 saturated carbocycles. The molecule has 2 aromatic rings. The first kappa shape index (κ1) is 27.7. The number of aliphatic hydroxyl groups is 2. The van der Waals surface area contributed by atoms with Crippen LogP contribution in [-0.4, -0.2) is 70.5 Å². The Hall–Kier alpha value is -1.90. The van der Waals surface area contributed by atoms with Gasteiger partial charge in [-0.3, -0.25) is 8.37 Å². The van der Waals surface area contributed by atoms with Gasteiger partial charge in [0.1, 0.15) is 24.4 Å². The van der Waals surface area contributed by atoms with Crippen molar-refractivity contribution < 1.29 is 44.9 Å². The van der Waals surface area contributed by atoms with Crippen molar-refractivity contribution in [2.75, 3.05) is 13.2 Å². The van der Waals surface area contributed by atoms with Crippen LogP contribution in [0.1, 0.15) is 25.0 Å². The third-order valence-corrected chi connectivity index (χ3v) is 7.94. The van der Waals surface area contributed by atoms with Crippen molar-refractivity contribution in [1.29, 1.82) is 0 Å². The van der Waals surface area contributed by atoms with E-state index < -0.39 is 63.7 Å². The van der Waals surface area contributed by atoms with Crippen LogP contribution in [0.15, 0.2) is 58.3 Å². The molecule has 0 aromatic heterocycles. The van der Waals surface area contributed by atoms with Crippen LogP contribution in [-0.2, 0) is 38.1 Å². The molecule has 0 spiro atoms. The van der Waals surface area contributed by atoms with Crippen molar-refractivity contribution in [2.24, 2.45) is 0 Å². The first-order valence-electron chi connectivity index (χ1n) is 10.8. The SMILES string of the molecule is Cc1ccc(S(=O)(=O)OC[C@@H](O)[C@@H](O)[C@@H]2OC(C)(C)O[C@@H]2COS(=O)(=O)c2ccc(C)cc2)cc1. The average Bonchev–Trinajstić information content (AvgIpc) is 3.10. The lowest BCUT2D eigenvalue weighted by molar-refractivity contribution is -0.164. The molecule has 1 aliphatic rings. The normalized spacial score (nSPS) is 22.1. The Morgan fingerprint density at radius 3 is 1.77 bits per heavy atom. The molecule has 1 fully saturated rings. The molecule has 0 amide bonds. The van der Waals surface area contributed by atoms with Gasteiger partial charge in [-0.25, -0.2) is 0 Å². The molecule has 1 aliphatic heterocycles. The maximum Gasteiger partial charge on any atom is 0.297 e. The maximum atomic E-state index is 12.5. The molecule has 3 rings (SSSR count). The number of benzene rings is 2. The molecule has 35 heavy (non-hydrogen) atoms. The summed E-state index contributed by atoms with van der Waals surface area (Å²) >= 11 is 0. The van der Waals surface area contributed by atoms with Gasteiger partial charge >= 0.3 is 0 Å². The quantitative estimate of drug-likeness (QED) is 0.435. The predicted octanol–water partition coefficient (Wildman–Crippen LogP) is 1.66. The summed E-state index contributed by atoms with van der Waals surface area (Å²) in [5.74, 6) is -1.22. The number of hydrogen-bond donors (Lipinski definition) is 2. The highest BCUT2D eigenvalue weighted by Gasteiger charge is 2.47. The second-order valence-electron chi connectivity index (χ2n) is 8.80. The van der Waals surface area contributed by atoms with Gasteiger partial charge in [0, 0.05) is 0 Å². The summed E-state index contributed by atoms with van der Waals surface area (Å²) in [6, 6.07) is 12.0. The van der Waals surface area contributed by atoms with E-state index in [9.17, 15) is 27.0 Å². The molecule has 0 unspecified atom stereocenters. The van der Waals surface area contributed by atoms with Crippen LogP contribution in [0.2, 0.25) is 0 Å². The summed E-state index contributed by atoms with van der Waals surface area (Å²) < 4.78 is 71.1. The zero-order valence-corrected chi connectivity index (χ0v) is 21.5. The summed E-state index contributed by atoms with van der Waals surface area (Å²) in [5.41, 5.74) is 1.74. The highest BCUT2D eigenvalue weighted by Crippen LogP contribution is 2.32. The van der Waals surface area contributed by atoms with E-state index in [1.165, 1.54) is 24.3 Å². The van der Waals surface area contributed by atoms with E-state index >= 15 is 0 Å². The minimum absolute atomic E-state index is 0.0480. The standard InChI is InChI=1S/C23H30O10S2/c1-15-5-9-17(10-6-15)34(26,27)30-13-19(24)21(25)22-20(32-23(3,4)33-22)14-31-35(28,29)18-11-7-16(2)8-12-18/h5-12,19-22,24-25H,13-14H2,1-4H3/t19-,20-,21-,22-/m1/s1. The zero-order chi connectivity index (χ0) is 26.0. The third-order valence-electron chi connectivity index (χ3n) is 5.35. The smallest absolute Gasteiger partial charge is 0.297 e. The number of hydrogen-bond acceptors (Lipinski definition) is 10. The zero-order valence-electron chi connectivity index (χ0n) is 19.8. The second-order valence-corrected chi connectivity index (χ2v) is 12.0. The van der Waals surface area contributed by atoms with Gasteiger partial charge in [-0.1, -0.05) is 35.4 Å². The Morgan fingerprint density at radius 2 is 1.29 bits per heavy atom. The van der Waals surface area contributed by atoms with Crippen molar-refractivity contribution in [2.45, 2.75) is 67.7 Å². The molecule has 0 aliphatic carbocycles. The fourth-order valence-electron chi connectivity index (χ4n) is 3.46. The summed E-state index contributed by atoms with van der Waals surface area (Å²) in [6.07, 6.45) is -5.66. The minimum atomic E-state index is -4.18. The summed E-state index contributed by atoms with van der Waals surface area (Å²) in [4.78, 5) is -0.146. The van der Waals surface area contributed by atoms with Crippen molar-refractivity contribution in [3.05, 3.63) is 59.7 Å². The van der Waals surface area contributed by atoms with Crippen molar-refractivity contribution in [3.63, 3.8) is 0 Å². The molecule has 194 valence electrons. The van der Waals surface area contributed by atoms with Crippen LogP contribution in [0, 0.1) is 13.8 Å². The number of rotatable bonds is 10. The van der Waals surface area contributed by atoms with Crippen LogP contribution < -0.4 is 0 Å². The van der Waals surface area contributed by atoms with E-state index in [0.717, 1.165) is 11.1 Å². The van der Waals surface area contributed by atoms with Crippen LogP contribution in [0.3, 0.4) is 0 Å². The fraction of sp³-hybridized carbons (Fsp3) is 0.478. The van der Waals surface area contributed by atoms with E-state index in [1.807, 2.05) is 6.92 Å². The van der Waals surface area contributed by atoms with Gasteiger partial charge in [-0.15, -0.1) is 0 Å². The van der Waals surface area contributed by atoms with Crippen molar-refractivity contribution >= 4 is 20.2 Å². The Balaban J connectivity index is 1.65. The van der Waals surface area contributed by atoms with Crippen LogP contribution in [0.5, 0.6) is 0 Å². The van der Waals surface area contributed by atoms with Crippen LogP contribution >= 0.6 is 0 Å². The molecule has 0 bridgehead atoms. The summed E-state index contributed by atoms with van der Waals surface area (Å²) in [6.45, 7) is 5.45. The monoisotopic (exact) mass is 530 g/mol. The first-order chi connectivity index (χ1) is 16.2. The molecule has 4 atom stereocenters. The number of aryl methyl sites for hydroxylation is 2. The Morgan fingerprint density at radius 1 is 0.829 bits per heavy atom. The van der Waals surface area contributed by atoms with E-state index in [4.69, 9.17) is 17.8 Å². The minimum Gasteiger partial charge on any atom is -0.388 e. The Kier molecular flexibility index (Phi) is 8.39. The van der Waals surface area contributed by atoms with Gasteiger partial charge in [0.15, 0.2) is 5.79 Å². The van der Waals surface area contributed by atoms with Gasteiger partial charge in [0.05, 0.1) is 23.0 Å². The molecule has 2 aromatic carbocycles. The molecule has 2 N–H and O–H groups in total. The lowest BCUT2D eigenvalue weighted by atomic mass is 10.0. The van der Waals surface area contributed by atoms with E-state index in [2.05, 4.69) is 0 Å². The van der Waals surface area contributed by atoms with Crippen molar-refractivity contribution in [1.82, 2.24) is 0 Å². The molecule has 10 nitrogen and oxygen atoms in total. The third kappa shape index (κ3) is 7.08. The highest BCUT2D eigenvalue weighted by atomic mass is 32.2. The van der Waals surface area contributed by atoms with Gasteiger partial charge in [0.25, 0.3) is 20.2 Å². The maximum absolute atomic E-state index is 12.5. The molecular weight excluding hydrogens is 500 g/mol. The lowest BCUT2D eigenvalue weighted by Gasteiger charge is -2.26. The first-order valence-corrected chi connectivity index (χ1v) is 13.7. The largest absolute Gasteiger partial charge is 0.388 e. The highest BCUT2D eigenvalue weighted by molar-refractivity contribution is 7.87. The summed E-state index contributed by atoms with van der Waals surface area (Å²) in [7, 11) is -8.29. The van der Waals surface area contributed by atoms with Crippen LogP contribution in [0.25, 0.3) is 0 Å². The van der Waals surface area contributed by atoms with Gasteiger partial charge in [-0.2, -0.15) is 16.8 Å². The second kappa shape index (κ2) is 10.6. The Labute approximate surface area is 205 Å². The molecule has 0 radical (unpaired) electrons. The Bertz CT molecular complexity index is 1210. The molecule has 1 saturated heterocycles. The van der Waals surface area contributed by atoms with E-state index in [0.29, 0.717) is 0 Å². The van der Waals surface area contributed by atoms with Crippen LogP contribution in [0.4, 0.5) is 0 Å². The van der Waals surface area contributed by atoms with Crippen molar-refractivity contribution in [3.8, 4) is 0 Å². The number of ether oxygens (including phenoxy) is 2. The lowest BCUT2D eigenvalue weighted by Crippen LogP contribution is -2.46. The fourth-order valence-corrected chi connectivity index (χ4v) is 5.30. The van der Waals surface area contributed by atoms with Gasteiger partial charge in [0.2, 0.25) is 0 Å². The predicted molar refractivity (Wildman–Crippen MR) is 124 cm³/mol. The topological polar surface area (TPSA) is 146 Å². The number of aliphatic hydroxyl groups excluding tert-OH is 2. The molecular formula is C23H30O10S2. The van der Waals surface area contributed by atoms with E-state index in [-0.39, 0.29) is 9.79 Å².